The lowest BCUT2D eigenvalue weighted by Crippen LogP contribution is -2.34. The molecule has 0 aromatic heterocycles. The summed E-state index contributed by atoms with van der Waals surface area (Å²) in [7, 11) is 1.66. The molecule has 1 aromatic carbocycles. The first kappa shape index (κ1) is 16.8. The molecule has 1 N–H and O–H groups in total. The van der Waals surface area contributed by atoms with Gasteiger partial charge in [0.1, 0.15) is 5.82 Å². The van der Waals surface area contributed by atoms with Crippen LogP contribution >= 0.6 is 0 Å². The van der Waals surface area contributed by atoms with Crippen LogP contribution in [0.4, 0.5) is 4.39 Å². The fraction of sp³-hybridized carbons (Fsp3) is 0.500. The van der Waals surface area contributed by atoms with Gasteiger partial charge >= 0.3 is 0 Å². The summed E-state index contributed by atoms with van der Waals surface area (Å²) in [6, 6.07) is 6.45. The smallest absolute Gasteiger partial charge is 0.123 e. The van der Waals surface area contributed by atoms with Crippen LogP contribution in [-0.2, 0) is 11.3 Å². The van der Waals surface area contributed by atoms with Gasteiger partial charge < -0.3 is 9.84 Å². The summed E-state index contributed by atoms with van der Waals surface area (Å²) < 4.78 is 18.0. The Bertz CT molecular complexity index is 381. The quantitative estimate of drug-likeness (QED) is 0.669. The molecule has 0 aliphatic rings. The van der Waals surface area contributed by atoms with Crippen LogP contribution in [0.5, 0.6) is 0 Å². The van der Waals surface area contributed by atoms with Crippen molar-refractivity contribution in [2.45, 2.75) is 25.5 Å². The predicted octanol–water partition coefficient (Wildman–Crippen LogP) is 2.60. The lowest BCUT2D eigenvalue weighted by Gasteiger charge is -2.24. The Balaban J connectivity index is 2.53. The molecule has 0 aliphatic carbocycles. The first-order valence-electron chi connectivity index (χ1n) is 6.90. The standard InChI is InChI=1S/C16H24FNO2/c1-3-4-5-16(19)13-18(10-11-20-2)12-14-6-8-15(17)9-7-14/h3,6-9,16,19H,1,4-5,10-13H2,2H3/t16-/m1/s1. The van der Waals surface area contributed by atoms with Crippen molar-refractivity contribution in [2.24, 2.45) is 0 Å². The molecule has 20 heavy (non-hydrogen) atoms. The molecule has 112 valence electrons. The Hall–Kier alpha value is -1.23. The van der Waals surface area contributed by atoms with Crippen LogP contribution in [0, 0.1) is 5.82 Å². The molecular weight excluding hydrogens is 257 g/mol. The average Bonchev–Trinajstić information content (AvgIpc) is 2.45. The Morgan fingerprint density at radius 2 is 2.10 bits per heavy atom. The van der Waals surface area contributed by atoms with E-state index in [0.29, 0.717) is 26.1 Å². The second-order valence-electron chi connectivity index (χ2n) is 4.87. The van der Waals surface area contributed by atoms with Crippen molar-refractivity contribution < 1.29 is 14.2 Å². The number of benzene rings is 1. The highest BCUT2D eigenvalue weighted by atomic mass is 19.1. The number of methoxy groups -OCH3 is 1. The van der Waals surface area contributed by atoms with Gasteiger partial charge in [-0.2, -0.15) is 0 Å². The van der Waals surface area contributed by atoms with E-state index in [-0.39, 0.29) is 11.9 Å². The van der Waals surface area contributed by atoms with Crippen molar-refractivity contribution in [1.82, 2.24) is 4.90 Å². The van der Waals surface area contributed by atoms with Crippen LogP contribution in [0.2, 0.25) is 0 Å². The number of ether oxygens (including phenoxy) is 1. The van der Waals surface area contributed by atoms with Crippen molar-refractivity contribution in [2.75, 3.05) is 26.8 Å². The summed E-state index contributed by atoms with van der Waals surface area (Å²) in [5.41, 5.74) is 1.03. The molecule has 1 rings (SSSR count). The number of aliphatic hydroxyl groups is 1. The van der Waals surface area contributed by atoms with Crippen molar-refractivity contribution in [3.05, 3.63) is 48.3 Å². The minimum Gasteiger partial charge on any atom is -0.392 e. The normalized spacial score (nSPS) is 12.6. The van der Waals surface area contributed by atoms with Crippen molar-refractivity contribution in [3.63, 3.8) is 0 Å². The number of hydrogen-bond donors (Lipinski definition) is 1. The van der Waals surface area contributed by atoms with E-state index in [1.807, 2.05) is 6.08 Å². The first-order valence-corrected chi connectivity index (χ1v) is 6.90. The number of hydrogen-bond acceptors (Lipinski definition) is 3. The molecule has 0 saturated carbocycles. The van der Waals surface area contributed by atoms with Gasteiger partial charge in [0.15, 0.2) is 0 Å². The maximum atomic E-state index is 12.9. The van der Waals surface area contributed by atoms with Crippen LogP contribution in [0.25, 0.3) is 0 Å². The largest absolute Gasteiger partial charge is 0.392 e. The molecule has 3 nitrogen and oxygen atoms in total. The second kappa shape index (κ2) is 9.64. The van der Waals surface area contributed by atoms with Gasteiger partial charge in [0, 0.05) is 26.7 Å². The van der Waals surface area contributed by atoms with E-state index < -0.39 is 0 Å². The van der Waals surface area contributed by atoms with E-state index in [4.69, 9.17) is 4.74 Å². The van der Waals surface area contributed by atoms with Crippen molar-refractivity contribution in [3.8, 4) is 0 Å². The highest BCUT2D eigenvalue weighted by Crippen LogP contribution is 2.09. The van der Waals surface area contributed by atoms with Gasteiger partial charge in [-0.25, -0.2) is 4.39 Å². The summed E-state index contributed by atoms with van der Waals surface area (Å²) in [4.78, 5) is 2.12. The van der Waals surface area contributed by atoms with Crippen LogP contribution in [0.1, 0.15) is 18.4 Å². The van der Waals surface area contributed by atoms with E-state index in [0.717, 1.165) is 18.5 Å². The number of halogens is 1. The van der Waals surface area contributed by atoms with E-state index in [9.17, 15) is 9.50 Å². The van der Waals surface area contributed by atoms with E-state index in [1.54, 1.807) is 19.2 Å². The summed E-state index contributed by atoms with van der Waals surface area (Å²) in [5.74, 6) is -0.233. The fourth-order valence-electron chi connectivity index (χ4n) is 2.00. The average molecular weight is 281 g/mol. The Morgan fingerprint density at radius 3 is 2.70 bits per heavy atom. The maximum Gasteiger partial charge on any atom is 0.123 e. The van der Waals surface area contributed by atoms with Crippen molar-refractivity contribution in [1.29, 1.82) is 0 Å². The third kappa shape index (κ3) is 6.80. The second-order valence-corrected chi connectivity index (χ2v) is 4.87. The molecule has 0 saturated heterocycles. The highest BCUT2D eigenvalue weighted by Gasteiger charge is 2.11. The van der Waals surface area contributed by atoms with Crippen LogP contribution in [0.3, 0.4) is 0 Å². The molecule has 1 aromatic rings. The zero-order valence-electron chi connectivity index (χ0n) is 12.1. The number of rotatable bonds is 10. The molecule has 0 spiro atoms. The number of aliphatic hydroxyl groups excluding tert-OH is 1. The molecule has 0 aliphatic heterocycles. The fourth-order valence-corrected chi connectivity index (χ4v) is 2.00. The lowest BCUT2D eigenvalue weighted by atomic mass is 10.1. The minimum atomic E-state index is -0.384. The summed E-state index contributed by atoms with van der Waals surface area (Å²) in [5, 5.41) is 9.98. The van der Waals surface area contributed by atoms with Crippen molar-refractivity contribution >= 4 is 0 Å². The summed E-state index contributed by atoms with van der Waals surface area (Å²) in [6.07, 6.45) is 2.93. The van der Waals surface area contributed by atoms with Gasteiger partial charge in [0.05, 0.1) is 12.7 Å². The molecule has 0 radical (unpaired) electrons. The van der Waals surface area contributed by atoms with Gasteiger partial charge in [-0.3, -0.25) is 4.90 Å². The minimum absolute atomic E-state index is 0.233. The first-order chi connectivity index (χ1) is 9.65. The zero-order chi connectivity index (χ0) is 14.8. The van der Waals surface area contributed by atoms with Gasteiger partial charge in [-0.15, -0.1) is 6.58 Å². The third-order valence-corrected chi connectivity index (χ3v) is 3.10. The molecule has 0 fully saturated rings. The van der Waals surface area contributed by atoms with E-state index in [2.05, 4.69) is 11.5 Å². The third-order valence-electron chi connectivity index (χ3n) is 3.10. The van der Waals surface area contributed by atoms with Crippen LogP contribution < -0.4 is 0 Å². The molecule has 1 atom stereocenters. The highest BCUT2D eigenvalue weighted by molar-refractivity contribution is 5.15. The van der Waals surface area contributed by atoms with Crippen LogP contribution in [0.15, 0.2) is 36.9 Å². The Morgan fingerprint density at radius 1 is 1.40 bits per heavy atom. The predicted molar refractivity (Wildman–Crippen MR) is 79.0 cm³/mol. The van der Waals surface area contributed by atoms with Gasteiger partial charge in [0.2, 0.25) is 0 Å². The maximum absolute atomic E-state index is 12.9. The Labute approximate surface area is 120 Å². The molecular formula is C16H24FNO2. The summed E-state index contributed by atoms with van der Waals surface area (Å²) >= 11 is 0. The zero-order valence-corrected chi connectivity index (χ0v) is 12.1. The SMILES string of the molecule is C=CCC[C@@H](O)CN(CCOC)Cc1ccc(F)cc1. The lowest BCUT2D eigenvalue weighted by molar-refractivity contribution is 0.0809. The van der Waals surface area contributed by atoms with E-state index in [1.165, 1.54) is 12.1 Å². The molecule has 0 bridgehead atoms. The molecule has 0 amide bonds. The van der Waals surface area contributed by atoms with Gasteiger partial charge in [-0.1, -0.05) is 18.2 Å². The van der Waals surface area contributed by atoms with Gasteiger partial charge in [0.25, 0.3) is 0 Å². The monoisotopic (exact) mass is 281 g/mol. The molecule has 4 heteroatoms. The number of allylic oxidation sites excluding steroid dienone is 1. The summed E-state index contributed by atoms with van der Waals surface area (Å²) in [6.45, 7) is 6.25. The van der Waals surface area contributed by atoms with E-state index >= 15 is 0 Å². The molecule has 0 heterocycles. The van der Waals surface area contributed by atoms with Crippen LogP contribution in [-0.4, -0.2) is 42.9 Å². The Kier molecular flexibility index (Phi) is 8.11. The molecule has 0 unspecified atom stereocenters. The number of nitrogens with zero attached hydrogens (tertiary/aromatic N) is 1. The topological polar surface area (TPSA) is 32.7 Å². The van der Waals surface area contributed by atoms with Gasteiger partial charge in [-0.05, 0) is 30.5 Å².